The first-order valence-corrected chi connectivity index (χ1v) is 6.10. The standard InChI is InChI=1S/C12H23NO3.ClH/c1-9(11(13)12(14)15-2)16-8-10-6-4-3-5-7-10;/h9-11H,3-8,13H2,1-2H3;1H/t9-,11+;/m1./s1. The van der Waals surface area contributed by atoms with Crippen LogP contribution in [0.4, 0.5) is 0 Å². The Bertz CT molecular complexity index is 220. The third-order valence-corrected chi connectivity index (χ3v) is 3.30. The highest BCUT2D eigenvalue weighted by molar-refractivity contribution is 5.85. The first kappa shape index (κ1) is 16.7. The Hall–Kier alpha value is -0.320. The number of carbonyl (C=O) groups excluding carboxylic acids is 1. The van der Waals surface area contributed by atoms with Crippen LogP contribution in [-0.2, 0) is 14.3 Å². The minimum Gasteiger partial charge on any atom is -0.468 e. The topological polar surface area (TPSA) is 61.5 Å². The molecule has 0 unspecified atom stereocenters. The smallest absolute Gasteiger partial charge is 0.325 e. The lowest BCUT2D eigenvalue weighted by Gasteiger charge is -2.25. The van der Waals surface area contributed by atoms with E-state index >= 15 is 0 Å². The Morgan fingerprint density at radius 1 is 1.35 bits per heavy atom. The Morgan fingerprint density at radius 3 is 2.47 bits per heavy atom. The van der Waals surface area contributed by atoms with Crippen molar-refractivity contribution in [2.75, 3.05) is 13.7 Å². The molecule has 2 atom stereocenters. The summed E-state index contributed by atoms with van der Waals surface area (Å²) < 4.78 is 10.2. The highest BCUT2D eigenvalue weighted by Crippen LogP contribution is 2.24. The van der Waals surface area contributed by atoms with Crippen LogP contribution < -0.4 is 5.73 Å². The molecule has 1 saturated carbocycles. The van der Waals surface area contributed by atoms with Crippen molar-refractivity contribution in [1.29, 1.82) is 0 Å². The van der Waals surface area contributed by atoms with Crippen molar-refractivity contribution in [1.82, 2.24) is 0 Å². The molecule has 1 aliphatic carbocycles. The quantitative estimate of drug-likeness (QED) is 0.771. The molecule has 17 heavy (non-hydrogen) atoms. The van der Waals surface area contributed by atoms with E-state index in [1.54, 1.807) is 0 Å². The molecule has 1 rings (SSSR count). The highest BCUT2D eigenvalue weighted by Gasteiger charge is 2.23. The van der Waals surface area contributed by atoms with Crippen molar-refractivity contribution in [3.05, 3.63) is 0 Å². The van der Waals surface area contributed by atoms with Gasteiger partial charge < -0.3 is 15.2 Å². The fourth-order valence-electron chi connectivity index (χ4n) is 2.07. The monoisotopic (exact) mass is 265 g/mol. The van der Waals surface area contributed by atoms with Crippen LogP contribution in [0.3, 0.4) is 0 Å². The molecule has 4 nitrogen and oxygen atoms in total. The molecule has 0 spiro atoms. The molecule has 2 N–H and O–H groups in total. The number of rotatable bonds is 5. The van der Waals surface area contributed by atoms with Crippen LogP contribution in [0.5, 0.6) is 0 Å². The van der Waals surface area contributed by atoms with Gasteiger partial charge in [-0.2, -0.15) is 0 Å². The summed E-state index contributed by atoms with van der Waals surface area (Å²) in [7, 11) is 1.34. The molecule has 0 amide bonds. The lowest BCUT2D eigenvalue weighted by atomic mass is 9.90. The van der Waals surface area contributed by atoms with Crippen LogP contribution in [0.1, 0.15) is 39.0 Å². The van der Waals surface area contributed by atoms with Gasteiger partial charge in [-0.25, -0.2) is 0 Å². The molecular weight excluding hydrogens is 242 g/mol. The molecule has 1 aliphatic rings. The average molecular weight is 266 g/mol. The molecule has 0 aliphatic heterocycles. The normalized spacial score (nSPS) is 20.2. The van der Waals surface area contributed by atoms with Crippen molar-refractivity contribution in [3.63, 3.8) is 0 Å². The fraction of sp³-hybridized carbons (Fsp3) is 0.917. The second kappa shape index (κ2) is 8.72. The maximum Gasteiger partial charge on any atom is 0.325 e. The molecular formula is C12H24ClNO3. The number of halogens is 1. The summed E-state index contributed by atoms with van der Waals surface area (Å²) in [6, 6.07) is -0.673. The molecule has 0 heterocycles. The zero-order chi connectivity index (χ0) is 12.0. The second-order valence-electron chi connectivity index (χ2n) is 4.59. The maximum atomic E-state index is 11.2. The van der Waals surface area contributed by atoms with E-state index in [-0.39, 0.29) is 18.5 Å². The van der Waals surface area contributed by atoms with Gasteiger partial charge in [-0.05, 0) is 25.7 Å². The SMILES string of the molecule is COC(=O)[C@@H](N)[C@@H](C)OCC1CCCCC1.Cl. The minimum absolute atomic E-state index is 0. The van der Waals surface area contributed by atoms with Crippen LogP contribution in [-0.4, -0.2) is 31.8 Å². The summed E-state index contributed by atoms with van der Waals surface area (Å²) >= 11 is 0. The van der Waals surface area contributed by atoms with Gasteiger partial charge in [0.15, 0.2) is 0 Å². The number of esters is 1. The van der Waals surface area contributed by atoms with Gasteiger partial charge in [0.2, 0.25) is 0 Å². The van der Waals surface area contributed by atoms with Crippen molar-refractivity contribution in [2.45, 2.75) is 51.2 Å². The van der Waals surface area contributed by atoms with Gasteiger partial charge >= 0.3 is 5.97 Å². The highest BCUT2D eigenvalue weighted by atomic mass is 35.5. The summed E-state index contributed by atoms with van der Waals surface area (Å²) in [4.78, 5) is 11.2. The minimum atomic E-state index is -0.673. The van der Waals surface area contributed by atoms with Crippen LogP contribution in [0.2, 0.25) is 0 Å². The van der Waals surface area contributed by atoms with Gasteiger partial charge in [0.25, 0.3) is 0 Å². The molecule has 0 radical (unpaired) electrons. The lowest BCUT2D eigenvalue weighted by Crippen LogP contribution is -2.43. The van der Waals surface area contributed by atoms with Crippen LogP contribution in [0.25, 0.3) is 0 Å². The molecule has 0 bridgehead atoms. The first-order chi connectivity index (χ1) is 7.65. The zero-order valence-electron chi connectivity index (χ0n) is 10.7. The molecule has 102 valence electrons. The van der Waals surface area contributed by atoms with Gasteiger partial charge in [-0.1, -0.05) is 19.3 Å². The third-order valence-electron chi connectivity index (χ3n) is 3.30. The predicted molar refractivity (Wildman–Crippen MR) is 69.2 cm³/mol. The lowest BCUT2D eigenvalue weighted by molar-refractivity contribution is -0.146. The Labute approximate surface area is 110 Å². The summed E-state index contributed by atoms with van der Waals surface area (Å²) in [5, 5.41) is 0. The molecule has 0 aromatic heterocycles. The van der Waals surface area contributed by atoms with E-state index in [4.69, 9.17) is 10.5 Å². The Morgan fingerprint density at radius 2 is 1.94 bits per heavy atom. The zero-order valence-corrected chi connectivity index (χ0v) is 11.5. The Balaban J connectivity index is 0.00000256. The maximum absolute atomic E-state index is 11.2. The molecule has 5 heteroatoms. The fourth-order valence-corrected chi connectivity index (χ4v) is 2.07. The van der Waals surface area contributed by atoms with Crippen molar-refractivity contribution >= 4 is 18.4 Å². The van der Waals surface area contributed by atoms with Crippen molar-refractivity contribution < 1.29 is 14.3 Å². The van der Waals surface area contributed by atoms with Crippen LogP contribution in [0.15, 0.2) is 0 Å². The van der Waals surface area contributed by atoms with Crippen LogP contribution >= 0.6 is 12.4 Å². The van der Waals surface area contributed by atoms with E-state index < -0.39 is 12.0 Å². The third kappa shape index (κ3) is 5.70. The number of ether oxygens (including phenoxy) is 2. The van der Waals surface area contributed by atoms with E-state index in [9.17, 15) is 4.79 Å². The van der Waals surface area contributed by atoms with E-state index in [0.29, 0.717) is 12.5 Å². The van der Waals surface area contributed by atoms with Gasteiger partial charge in [0, 0.05) is 6.61 Å². The summed E-state index contributed by atoms with van der Waals surface area (Å²) in [6.45, 7) is 2.54. The summed E-state index contributed by atoms with van der Waals surface area (Å²) in [6.07, 6.45) is 6.14. The van der Waals surface area contributed by atoms with E-state index in [2.05, 4.69) is 4.74 Å². The first-order valence-electron chi connectivity index (χ1n) is 6.10. The molecule has 0 saturated heterocycles. The van der Waals surface area contributed by atoms with E-state index in [1.165, 1.54) is 39.2 Å². The second-order valence-corrected chi connectivity index (χ2v) is 4.59. The number of nitrogens with two attached hydrogens (primary N) is 1. The average Bonchev–Trinajstić information content (AvgIpc) is 2.35. The van der Waals surface area contributed by atoms with E-state index in [1.807, 2.05) is 6.92 Å². The Kier molecular flexibility index (Phi) is 8.56. The molecule has 0 aromatic rings. The van der Waals surface area contributed by atoms with Gasteiger partial charge in [-0.3, -0.25) is 4.79 Å². The number of hydrogen-bond acceptors (Lipinski definition) is 4. The van der Waals surface area contributed by atoms with Crippen molar-refractivity contribution in [2.24, 2.45) is 11.7 Å². The molecule has 1 fully saturated rings. The largest absolute Gasteiger partial charge is 0.468 e. The summed E-state index contributed by atoms with van der Waals surface area (Å²) in [5.74, 6) is 0.234. The predicted octanol–water partition coefficient (Wildman–Crippen LogP) is 1.89. The van der Waals surface area contributed by atoms with Crippen LogP contribution in [0, 0.1) is 5.92 Å². The van der Waals surface area contributed by atoms with Gasteiger partial charge in [-0.15, -0.1) is 12.4 Å². The summed E-state index contributed by atoms with van der Waals surface area (Å²) in [5.41, 5.74) is 5.69. The van der Waals surface area contributed by atoms with E-state index in [0.717, 1.165) is 0 Å². The number of methoxy groups -OCH3 is 1. The van der Waals surface area contributed by atoms with Crippen molar-refractivity contribution in [3.8, 4) is 0 Å². The van der Waals surface area contributed by atoms with Gasteiger partial charge in [0.1, 0.15) is 6.04 Å². The number of carbonyl (C=O) groups is 1. The number of hydrogen-bond donors (Lipinski definition) is 1. The van der Waals surface area contributed by atoms with Gasteiger partial charge in [0.05, 0.1) is 13.2 Å². The molecule has 0 aromatic carbocycles.